The molecule has 4 rings (SSSR count). The number of amides is 2. The zero-order valence-electron chi connectivity index (χ0n) is 17.0. The molecule has 0 unspecified atom stereocenters. The Balaban J connectivity index is 1.33. The van der Waals surface area contributed by atoms with E-state index < -0.39 is 0 Å². The Labute approximate surface area is 179 Å². The fourth-order valence-electron chi connectivity index (χ4n) is 3.10. The molecule has 0 spiro atoms. The fraction of sp³-hybridized carbons (Fsp3) is 0.130. The lowest BCUT2D eigenvalue weighted by Gasteiger charge is -2.09. The van der Waals surface area contributed by atoms with E-state index in [0.717, 1.165) is 16.8 Å². The topological polar surface area (TPSA) is 93.8 Å². The van der Waals surface area contributed by atoms with Crippen molar-refractivity contribution in [3.8, 4) is 5.69 Å². The summed E-state index contributed by atoms with van der Waals surface area (Å²) < 4.78 is 3.32. The summed E-state index contributed by atoms with van der Waals surface area (Å²) in [4.78, 5) is 24.6. The third-order valence-corrected chi connectivity index (χ3v) is 4.63. The number of nitrogens with one attached hydrogen (secondary N) is 2. The quantitative estimate of drug-likeness (QED) is 0.486. The summed E-state index contributed by atoms with van der Waals surface area (Å²) in [6.07, 6.45) is 7.07. The molecular weight excluding hydrogens is 392 g/mol. The van der Waals surface area contributed by atoms with E-state index in [2.05, 4.69) is 20.8 Å². The average Bonchev–Trinajstić information content (AvgIpc) is 3.44. The normalized spacial score (nSPS) is 10.6. The highest BCUT2D eigenvalue weighted by molar-refractivity contribution is 5.94. The molecule has 0 saturated heterocycles. The van der Waals surface area contributed by atoms with Gasteiger partial charge in [0.1, 0.15) is 6.54 Å². The van der Waals surface area contributed by atoms with Gasteiger partial charge in [-0.25, -0.2) is 4.68 Å². The van der Waals surface area contributed by atoms with E-state index in [4.69, 9.17) is 0 Å². The second-order valence-electron chi connectivity index (χ2n) is 7.14. The standard InChI is InChI=1S/C23H22N6O2/c1-17-13-26-29(15-17)21-8-6-19(7-9-21)23(31)24-14-18-4-2-5-20(12-18)27-22(30)16-28-11-3-10-25-28/h2-13,15H,14,16H2,1H3,(H,24,31)(H,27,30). The van der Waals surface area contributed by atoms with Crippen molar-refractivity contribution in [3.05, 3.63) is 96.1 Å². The van der Waals surface area contributed by atoms with Crippen LogP contribution in [0.3, 0.4) is 0 Å². The van der Waals surface area contributed by atoms with Gasteiger partial charge in [0.2, 0.25) is 5.91 Å². The Kier molecular flexibility index (Phi) is 5.89. The van der Waals surface area contributed by atoms with Gasteiger partial charge in [0.25, 0.3) is 5.91 Å². The van der Waals surface area contributed by atoms with E-state index in [1.165, 1.54) is 0 Å². The lowest BCUT2D eigenvalue weighted by atomic mass is 10.1. The van der Waals surface area contributed by atoms with E-state index in [0.29, 0.717) is 17.8 Å². The van der Waals surface area contributed by atoms with Crippen molar-refractivity contribution in [1.29, 1.82) is 0 Å². The third kappa shape index (κ3) is 5.24. The smallest absolute Gasteiger partial charge is 0.251 e. The minimum atomic E-state index is -0.170. The highest BCUT2D eigenvalue weighted by Crippen LogP contribution is 2.12. The van der Waals surface area contributed by atoms with E-state index >= 15 is 0 Å². The van der Waals surface area contributed by atoms with Crippen LogP contribution in [0.15, 0.2) is 79.4 Å². The molecule has 0 atom stereocenters. The van der Waals surface area contributed by atoms with Gasteiger partial charge in [0.05, 0.1) is 11.9 Å². The van der Waals surface area contributed by atoms with Gasteiger partial charge in [-0.1, -0.05) is 12.1 Å². The number of benzene rings is 2. The summed E-state index contributed by atoms with van der Waals surface area (Å²) in [5, 5.41) is 14.0. The number of aryl methyl sites for hydroxylation is 1. The van der Waals surface area contributed by atoms with Crippen molar-refractivity contribution in [3.63, 3.8) is 0 Å². The Bertz CT molecular complexity index is 1180. The highest BCUT2D eigenvalue weighted by Gasteiger charge is 2.08. The maximum atomic E-state index is 12.5. The summed E-state index contributed by atoms with van der Waals surface area (Å²) >= 11 is 0. The van der Waals surface area contributed by atoms with Gasteiger partial charge >= 0.3 is 0 Å². The third-order valence-electron chi connectivity index (χ3n) is 4.63. The maximum Gasteiger partial charge on any atom is 0.251 e. The first-order chi connectivity index (χ1) is 15.1. The summed E-state index contributed by atoms with van der Waals surface area (Å²) in [6.45, 7) is 2.47. The van der Waals surface area contributed by atoms with Crippen LogP contribution in [0.1, 0.15) is 21.5 Å². The number of aromatic nitrogens is 4. The Morgan fingerprint density at radius 3 is 2.58 bits per heavy atom. The van der Waals surface area contributed by atoms with Crippen LogP contribution in [-0.2, 0) is 17.9 Å². The Morgan fingerprint density at radius 1 is 1.03 bits per heavy atom. The first-order valence-corrected chi connectivity index (χ1v) is 9.83. The molecule has 31 heavy (non-hydrogen) atoms. The number of hydrogen-bond acceptors (Lipinski definition) is 4. The van der Waals surface area contributed by atoms with Crippen molar-refractivity contribution >= 4 is 17.5 Å². The minimum absolute atomic E-state index is 0.141. The number of hydrogen-bond donors (Lipinski definition) is 2. The predicted molar refractivity (Wildman–Crippen MR) is 117 cm³/mol. The van der Waals surface area contributed by atoms with Crippen molar-refractivity contribution in [1.82, 2.24) is 24.9 Å². The molecule has 0 radical (unpaired) electrons. The van der Waals surface area contributed by atoms with Crippen LogP contribution in [0, 0.1) is 6.92 Å². The van der Waals surface area contributed by atoms with Crippen LogP contribution >= 0.6 is 0 Å². The Morgan fingerprint density at radius 2 is 1.87 bits per heavy atom. The van der Waals surface area contributed by atoms with Crippen LogP contribution in [0.4, 0.5) is 5.69 Å². The second kappa shape index (κ2) is 9.08. The minimum Gasteiger partial charge on any atom is -0.348 e. The monoisotopic (exact) mass is 414 g/mol. The molecule has 8 nitrogen and oxygen atoms in total. The van der Waals surface area contributed by atoms with Gasteiger partial charge in [-0.3, -0.25) is 14.3 Å². The summed E-state index contributed by atoms with van der Waals surface area (Å²) in [5.41, 5.74) is 4.08. The van der Waals surface area contributed by atoms with Crippen LogP contribution in [-0.4, -0.2) is 31.4 Å². The fourth-order valence-corrected chi connectivity index (χ4v) is 3.10. The molecule has 2 aromatic carbocycles. The maximum absolute atomic E-state index is 12.5. The molecule has 2 aromatic heterocycles. The summed E-state index contributed by atoms with van der Waals surface area (Å²) in [7, 11) is 0. The van der Waals surface area contributed by atoms with Crippen molar-refractivity contribution in [2.75, 3.05) is 5.32 Å². The second-order valence-corrected chi connectivity index (χ2v) is 7.14. The number of anilines is 1. The summed E-state index contributed by atoms with van der Waals surface area (Å²) in [5.74, 6) is -0.339. The van der Waals surface area contributed by atoms with Crippen LogP contribution < -0.4 is 10.6 Å². The lowest BCUT2D eigenvalue weighted by molar-refractivity contribution is -0.116. The van der Waals surface area contributed by atoms with Gasteiger partial charge in [0.15, 0.2) is 0 Å². The molecule has 2 amide bonds. The van der Waals surface area contributed by atoms with E-state index in [1.807, 2.05) is 49.5 Å². The molecule has 0 aliphatic rings. The zero-order valence-corrected chi connectivity index (χ0v) is 17.0. The summed E-state index contributed by atoms with van der Waals surface area (Å²) in [6, 6.07) is 16.4. The molecule has 0 aliphatic carbocycles. The van der Waals surface area contributed by atoms with Crippen molar-refractivity contribution in [2.45, 2.75) is 20.0 Å². The highest BCUT2D eigenvalue weighted by atomic mass is 16.2. The van der Waals surface area contributed by atoms with E-state index in [1.54, 1.807) is 46.2 Å². The number of rotatable bonds is 7. The SMILES string of the molecule is Cc1cnn(-c2ccc(C(=O)NCc3cccc(NC(=O)Cn4cccn4)c3)cc2)c1. The molecule has 0 aliphatic heterocycles. The number of nitrogens with zero attached hydrogens (tertiary/aromatic N) is 4. The number of carbonyl (C=O) groups excluding carboxylic acids is 2. The molecule has 156 valence electrons. The van der Waals surface area contributed by atoms with Gasteiger partial charge in [0, 0.05) is 36.4 Å². The molecular formula is C23H22N6O2. The lowest BCUT2D eigenvalue weighted by Crippen LogP contribution is -2.23. The van der Waals surface area contributed by atoms with Gasteiger partial charge in [-0.15, -0.1) is 0 Å². The van der Waals surface area contributed by atoms with Crippen molar-refractivity contribution in [2.24, 2.45) is 0 Å². The molecule has 0 bridgehead atoms. The molecule has 8 heteroatoms. The predicted octanol–water partition coefficient (Wildman–Crippen LogP) is 2.95. The first-order valence-electron chi connectivity index (χ1n) is 9.83. The molecule has 4 aromatic rings. The molecule has 2 heterocycles. The average molecular weight is 414 g/mol. The number of carbonyl (C=O) groups is 2. The Hall–Kier alpha value is -4.20. The first kappa shape index (κ1) is 20.1. The van der Waals surface area contributed by atoms with Crippen molar-refractivity contribution < 1.29 is 9.59 Å². The van der Waals surface area contributed by atoms with E-state index in [-0.39, 0.29) is 18.4 Å². The molecule has 0 fully saturated rings. The van der Waals surface area contributed by atoms with Gasteiger partial charge in [-0.2, -0.15) is 10.2 Å². The van der Waals surface area contributed by atoms with Crippen LogP contribution in [0.2, 0.25) is 0 Å². The van der Waals surface area contributed by atoms with Crippen LogP contribution in [0.5, 0.6) is 0 Å². The zero-order chi connectivity index (χ0) is 21.6. The largest absolute Gasteiger partial charge is 0.348 e. The van der Waals surface area contributed by atoms with Gasteiger partial charge < -0.3 is 10.6 Å². The van der Waals surface area contributed by atoms with Crippen LogP contribution in [0.25, 0.3) is 5.69 Å². The van der Waals surface area contributed by atoms with Gasteiger partial charge in [-0.05, 0) is 60.5 Å². The van der Waals surface area contributed by atoms with E-state index in [9.17, 15) is 9.59 Å². The molecule has 0 saturated carbocycles. The molecule has 2 N–H and O–H groups in total.